The van der Waals surface area contributed by atoms with E-state index < -0.39 is 0 Å². The fourth-order valence-corrected chi connectivity index (χ4v) is 2.55. The van der Waals surface area contributed by atoms with Gasteiger partial charge < -0.3 is 5.32 Å². The molecule has 1 aliphatic rings. The van der Waals surface area contributed by atoms with Crippen molar-refractivity contribution < 1.29 is 0 Å². The number of nitrogens with zero attached hydrogens (tertiary/aromatic N) is 3. The van der Waals surface area contributed by atoms with Gasteiger partial charge in [0.15, 0.2) is 5.82 Å². The Morgan fingerprint density at radius 2 is 1.94 bits per heavy atom. The van der Waals surface area contributed by atoms with Gasteiger partial charge in [0.2, 0.25) is 0 Å². The second-order valence-electron chi connectivity index (χ2n) is 5.08. The zero-order chi connectivity index (χ0) is 11.9. The molecule has 4 heteroatoms. The summed E-state index contributed by atoms with van der Waals surface area (Å²) >= 11 is 0. The molecule has 0 atom stereocenters. The monoisotopic (exact) mass is 236 g/mol. The average Bonchev–Trinajstić information content (AvgIpc) is 2.67. The topological polar surface area (TPSA) is 42.7 Å². The first kappa shape index (κ1) is 12.6. The van der Waals surface area contributed by atoms with Crippen molar-refractivity contribution >= 4 is 0 Å². The Kier molecular flexibility index (Phi) is 4.98. The highest BCUT2D eigenvalue weighted by Gasteiger charge is 2.10. The van der Waals surface area contributed by atoms with Gasteiger partial charge in [-0.1, -0.05) is 32.1 Å². The molecule has 1 aromatic heterocycles. The van der Waals surface area contributed by atoms with Crippen molar-refractivity contribution in [2.45, 2.75) is 57.4 Å². The number of hydrogen-bond acceptors (Lipinski definition) is 3. The van der Waals surface area contributed by atoms with E-state index in [-0.39, 0.29) is 0 Å². The summed E-state index contributed by atoms with van der Waals surface area (Å²) < 4.78 is 1.77. The Morgan fingerprint density at radius 1 is 1.24 bits per heavy atom. The zero-order valence-electron chi connectivity index (χ0n) is 10.9. The van der Waals surface area contributed by atoms with Crippen LogP contribution in [0.4, 0.5) is 0 Å². The SMILES string of the molecule is Cn1cnc(CCNC2CCCCCCC2)n1. The standard InChI is InChI=1S/C13H24N4/c1-17-11-15-13(16-17)9-10-14-12-7-5-3-2-4-6-8-12/h11-12,14H,2-10H2,1H3. The molecule has 0 amide bonds. The third-order valence-corrected chi connectivity index (χ3v) is 3.53. The van der Waals surface area contributed by atoms with Crippen molar-refractivity contribution in [3.05, 3.63) is 12.2 Å². The van der Waals surface area contributed by atoms with Crippen LogP contribution in [0.5, 0.6) is 0 Å². The lowest BCUT2D eigenvalue weighted by molar-refractivity contribution is 0.391. The fraction of sp³-hybridized carbons (Fsp3) is 0.846. The van der Waals surface area contributed by atoms with Gasteiger partial charge in [0, 0.05) is 26.1 Å². The van der Waals surface area contributed by atoms with E-state index in [0.29, 0.717) is 0 Å². The Bertz CT molecular complexity index is 313. The van der Waals surface area contributed by atoms with Crippen molar-refractivity contribution in [2.24, 2.45) is 7.05 Å². The molecule has 1 fully saturated rings. The molecule has 0 spiro atoms. The Balaban J connectivity index is 1.66. The zero-order valence-corrected chi connectivity index (χ0v) is 10.9. The maximum atomic E-state index is 4.29. The summed E-state index contributed by atoms with van der Waals surface area (Å²) in [7, 11) is 1.92. The lowest BCUT2D eigenvalue weighted by Gasteiger charge is -2.20. The van der Waals surface area contributed by atoms with Gasteiger partial charge in [-0.25, -0.2) is 4.98 Å². The van der Waals surface area contributed by atoms with Crippen molar-refractivity contribution in [2.75, 3.05) is 6.54 Å². The van der Waals surface area contributed by atoms with E-state index in [1.165, 1.54) is 44.9 Å². The highest BCUT2D eigenvalue weighted by Crippen LogP contribution is 2.16. The molecule has 0 aliphatic heterocycles. The largest absolute Gasteiger partial charge is 0.314 e. The quantitative estimate of drug-likeness (QED) is 0.870. The fourth-order valence-electron chi connectivity index (χ4n) is 2.55. The highest BCUT2D eigenvalue weighted by atomic mass is 15.3. The molecule has 0 radical (unpaired) electrons. The third kappa shape index (κ3) is 4.46. The van der Waals surface area contributed by atoms with Crippen LogP contribution in [0.25, 0.3) is 0 Å². The number of nitrogens with one attached hydrogen (secondary N) is 1. The molecule has 1 aliphatic carbocycles. The summed E-state index contributed by atoms with van der Waals surface area (Å²) in [6.45, 7) is 1.01. The summed E-state index contributed by atoms with van der Waals surface area (Å²) in [5, 5.41) is 7.95. The maximum absolute atomic E-state index is 4.29. The molecule has 0 bridgehead atoms. The molecule has 0 unspecified atom stereocenters. The molecule has 2 rings (SSSR count). The summed E-state index contributed by atoms with van der Waals surface area (Å²) in [4.78, 5) is 4.24. The minimum Gasteiger partial charge on any atom is -0.314 e. The van der Waals surface area contributed by atoms with Gasteiger partial charge in [-0.15, -0.1) is 0 Å². The molecule has 17 heavy (non-hydrogen) atoms. The summed E-state index contributed by atoms with van der Waals surface area (Å²) in [6.07, 6.45) is 12.4. The van der Waals surface area contributed by atoms with Crippen molar-refractivity contribution in [1.29, 1.82) is 0 Å². The van der Waals surface area contributed by atoms with Gasteiger partial charge in [-0.3, -0.25) is 4.68 Å². The van der Waals surface area contributed by atoms with Crippen LogP contribution in [0.3, 0.4) is 0 Å². The average molecular weight is 236 g/mol. The van der Waals surface area contributed by atoms with Crippen molar-refractivity contribution in [3.8, 4) is 0 Å². The van der Waals surface area contributed by atoms with Crippen LogP contribution in [-0.4, -0.2) is 27.4 Å². The van der Waals surface area contributed by atoms with E-state index in [9.17, 15) is 0 Å². The number of hydrogen-bond donors (Lipinski definition) is 1. The third-order valence-electron chi connectivity index (χ3n) is 3.53. The first-order valence-corrected chi connectivity index (χ1v) is 6.92. The van der Waals surface area contributed by atoms with Crippen molar-refractivity contribution in [3.63, 3.8) is 0 Å². The minimum atomic E-state index is 0.721. The molecule has 0 aromatic carbocycles. The maximum Gasteiger partial charge on any atom is 0.151 e. The van der Waals surface area contributed by atoms with Gasteiger partial charge in [0.05, 0.1) is 0 Å². The van der Waals surface area contributed by atoms with Crippen LogP contribution in [0.2, 0.25) is 0 Å². The number of rotatable bonds is 4. The first-order chi connectivity index (χ1) is 8.34. The molecule has 96 valence electrons. The molecular formula is C13H24N4. The summed E-state index contributed by atoms with van der Waals surface area (Å²) in [5.41, 5.74) is 0. The molecule has 1 heterocycles. The van der Waals surface area contributed by atoms with Gasteiger partial charge in [-0.05, 0) is 12.8 Å². The van der Waals surface area contributed by atoms with Gasteiger partial charge in [0.25, 0.3) is 0 Å². The Hall–Kier alpha value is -0.900. The Morgan fingerprint density at radius 3 is 2.59 bits per heavy atom. The molecule has 4 nitrogen and oxygen atoms in total. The van der Waals surface area contributed by atoms with E-state index in [0.717, 1.165) is 24.8 Å². The van der Waals surface area contributed by atoms with E-state index in [1.807, 2.05) is 7.05 Å². The second-order valence-corrected chi connectivity index (χ2v) is 5.08. The predicted octanol–water partition coefficient (Wildman–Crippen LogP) is 2.06. The van der Waals surface area contributed by atoms with E-state index >= 15 is 0 Å². The van der Waals surface area contributed by atoms with Crippen LogP contribution in [-0.2, 0) is 13.5 Å². The van der Waals surface area contributed by atoms with E-state index in [2.05, 4.69) is 15.4 Å². The summed E-state index contributed by atoms with van der Waals surface area (Å²) in [5.74, 6) is 0.950. The molecular weight excluding hydrogens is 212 g/mol. The molecule has 1 N–H and O–H groups in total. The molecule has 1 saturated carbocycles. The van der Waals surface area contributed by atoms with Crippen LogP contribution in [0.1, 0.15) is 50.8 Å². The highest BCUT2D eigenvalue weighted by molar-refractivity contribution is 4.83. The van der Waals surface area contributed by atoms with Gasteiger partial charge >= 0.3 is 0 Å². The second kappa shape index (κ2) is 6.74. The van der Waals surface area contributed by atoms with E-state index in [4.69, 9.17) is 0 Å². The minimum absolute atomic E-state index is 0.721. The van der Waals surface area contributed by atoms with Gasteiger partial charge in [-0.2, -0.15) is 5.10 Å². The normalized spacial score (nSPS) is 18.9. The van der Waals surface area contributed by atoms with Crippen LogP contribution >= 0.6 is 0 Å². The lowest BCUT2D eigenvalue weighted by Crippen LogP contribution is -2.31. The first-order valence-electron chi connectivity index (χ1n) is 6.92. The smallest absolute Gasteiger partial charge is 0.151 e. The van der Waals surface area contributed by atoms with Crippen LogP contribution in [0.15, 0.2) is 6.33 Å². The van der Waals surface area contributed by atoms with Crippen LogP contribution < -0.4 is 5.32 Å². The van der Waals surface area contributed by atoms with Crippen molar-refractivity contribution in [1.82, 2.24) is 20.1 Å². The Labute approximate surface area is 104 Å². The van der Waals surface area contributed by atoms with Crippen LogP contribution in [0, 0.1) is 0 Å². The number of aryl methyl sites for hydroxylation is 1. The summed E-state index contributed by atoms with van der Waals surface area (Å²) in [6, 6.07) is 0.721. The molecule has 1 aromatic rings. The van der Waals surface area contributed by atoms with Gasteiger partial charge in [0.1, 0.15) is 6.33 Å². The number of aromatic nitrogens is 3. The molecule has 0 saturated heterocycles. The lowest BCUT2D eigenvalue weighted by atomic mass is 9.97. The van der Waals surface area contributed by atoms with E-state index in [1.54, 1.807) is 11.0 Å². The predicted molar refractivity (Wildman–Crippen MR) is 68.8 cm³/mol.